The topological polar surface area (TPSA) is 24.9 Å². The predicted octanol–water partition coefficient (Wildman–Crippen LogP) is 3.06. The van der Waals surface area contributed by atoms with Gasteiger partial charge in [0.05, 0.1) is 5.52 Å². The van der Waals surface area contributed by atoms with E-state index in [4.69, 9.17) is 0 Å². The van der Waals surface area contributed by atoms with E-state index in [1.807, 2.05) is 0 Å². The van der Waals surface area contributed by atoms with Crippen molar-refractivity contribution in [3.05, 3.63) is 41.6 Å². The van der Waals surface area contributed by atoms with E-state index in [-0.39, 0.29) is 5.39 Å². The van der Waals surface area contributed by atoms with Crippen molar-refractivity contribution in [2.45, 2.75) is 19.3 Å². The first-order valence-electron chi connectivity index (χ1n) is 6.68. The molecule has 1 N–H and O–H groups in total. The van der Waals surface area contributed by atoms with Gasteiger partial charge in [0.15, 0.2) is 11.6 Å². The molecule has 0 radical (unpaired) electrons. The van der Waals surface area contributed by atoms with Gasteiger partial charge in [0.25, 0.3) is 0 Å². The molecule has 0 bridgehead atoms. The third-order valence-electron chi connectivity index (χ3n) is 3.83. The minimum Gasteiger partial charge on any atom is -0.317 e. The van der Waals surface area contributed by atoms with Crippen LogP contribution in [0.15, 0.2) is 24.4 Å². The Morgan fingerprint density at radius 1 is 1.26 bits per heavy atom. The number of nitrogens with zero attached hydrogens (tertiary/aromatic N) is 1. The summed E-state index contributed by atoms with van der Waals surface area (Å²) in [7, 11) is 0. The zero-order chi connectivity index (χ0) is 13.2. The third-order valence-corrected chi connectivity index (χ3v) is 3.83. The summed E-state index contributed by atoms with van der Waals surface area (Å²) in [6.45, 7) is 2.00. The molecule has 1 aromatic heterocycles. The average molecular weight is 262 g/mol. The lowest BCUT2D eigenvalue weighted by molar-refractivity contribution is 0.372. The molecule has 2 aromatic rings. The van der Waals surface area contributed by atoms with Crippen LogP contribution in [0.5, 0.6) is 0 Å². The second-order valence-corrected chi connectivity index (χ2v) is 5.13. The molecular weight excluding hydrogens is 246 g/mol. The number of hydrogen-bond donors (Lipinski definition) is 1. The van der Waals surface area contributed by atoms with Gasteiger partial charge in [-0.05, 0) is 62.0 Å². The molecule has 1 saturated heterocycles. The van der Waals surface area contributed by atoms with Crippen molar-refractivity contribution in [1.29, 1.82) is 0 Å². The number of halogens is 2. The molecule has 1 aliphatic rings. The van der Waals surface area contributed by atoms with Gasteiger partial charge in [-0.2, -0.15) is 0 Å². The van der Waals surface area contributed by atoms with E-state index in [1.165, 1.54) is 6.07 Å². The second-order valence-electron chi connectivity index (χ2n) is 5.13. The average Bonchev–Trinajstić information content (AvgIpc) is 2.46. The highest BCUT2D eigenvalue weighted by Crippen LogP contribution is 2.26. The van der Waals surface area contributed by atoms with Crippen LogP contribution in [-0.4, -0.2) is 18.1 Å². The Bertz CT molecular complexity index is 592. The summed E-state index contributed by atoms with van der Waals surface area (Å²) in [5, 5.41) is 3.59. The van der Waals surface area contributed by atoms with Crippen LogP contribution in [0, 0.1) is 17.6 Å². The van der Waals surface area contributed by atoms with Crippen LogP contribution in [-0.2, 0) is 6.42 Å². The summed E-state index contributed by atoms with van der Waals surface area (Å²) in [6.07, 6.45) is 4.55. The Morgan fingerprint density at radius 3 is 2.84 bits per heavy atom. The van der Waals surface area contributed by atoms with Gasteiger partial charge in [-0.3, -0.25) is 4.98 Å². The predicted molar refractivity (Wildman–Crippen MR) is 71.0 cm³/mol. The fraction of sp³-hybridized carbons (Fsp3) is 0.400. The van der Waals surface area contributed by atoms with Gasteiger partial charge in [0, 0.05) is 11.6 Å². The first kappa shape index (κ1) is 12.5. The van der Waals surface area contributed by atoms with Crippen LogP contribution in [0.25, 0.3) is 10.9 Å². The van der Waals surface area contributed by atoms with E-state index in [2.05, 4.69) is 10.3 Å². The molecule has 0 aliphatic carbocycles. The largest absolute Gasteiger partial charge is 0.317 e. The summed E-state index contributed by atoms with van der Waals surface area (Å²) in [5.41, 5.74) is 1.42. The Morgan fingerprint density at radius 2 is 2.05 bits per heavy atom. The molecule has 4 heteroatoms. The summed E-state index contributed by atoms with van der Waals surface area (Å²) in [4.78, 5) is 4.23. The molecule has 0 spiro atoms. The minimum absolute atomic E-state index is 0.284. The van der Waals surface area contributed by atoms with Crippen LogP contribution < -0.4 is 5.32 Å². The van der Waals surface area contributed by atoms with E-state index in [1.54, 1.807) is 18.3 Å². The number of pyridine rings is 1. The van der Waals surface area contributed by atoms with Gasteiger partial charge in [-0.25, -0.2) is 8.78 Å². The van der Waals surface area contributed by atoms with E-state index in [9.17, 15) is 8.78 Å². The Balaban J connectivity index is 2.00. The summed E-state index contributed by atoms with van der Waals surface area (Å²) in [5.74, 6) is -1.04. The van der Waals surface area contributed by atoms with Gasteiger partial charge in [-0.15, -0.1) is 0 Å². The van der Waals surface area contributed by atoms with Crippen molar-refractivity contribution in [3.8, 4) is 0 Å². The van der Waals surface area contributed by atoms with Crippen molar-refractivity contribution < 1.29 is 8.78 Å². The van der Waals surface area contributed by atoms with Gasteiger partial charge < -0.3 is 5.32 Å². The quantitative estimate of drug-likeness (QED) is 0.899. The summed E-state index contributed by atoms with van der Waals surface area (Å²) < 4.78 is 27.4. The van der Waals surface area contributed by atoms with Crippen molar-refractivity contribution in [2.24, 2.45) is 5.92 Å². The fourth-order valence-electron chi connectivity index (χ4n) is 2.80. The van der Waals surface area contributed by atoms with Gasteiger partial charge in [0.2, 0.25) is 0 Å². The molecule has 100 valence electrons. The highest BCUT2D eigenvalue weighted by molar-refractivity contribution is 5.82. The molecule has 2 heterocycles. The number of rotatable bonds is 2. The maximum absolute atomic E-state index is 13.7. The van der Waals surface area contributed by atoms with E-state index in [0.717, 1.165) is 37.9 Å². The first-order valence-corrected chi connectivity index (χ1v) is 6.68. The minimum atomic E-state index is -0.794. The molecular formula is C15H16F2N2. The fourth-order valence-corrected chi connectivity index (χ4v) is 2.80. The molecule has 0 atom stereocenters. The number of piperidine rings is 1. The molecule has 1 aromatic carbocycles. The molecule has 3 rings (SSSR count). The Kier molecular flexibility index (Phi) is 3.42. The van der Waals surface area contributed by atoms with Gasteiger partial charge in [0.1, 0.15) is 0 Å². The molecule has 1 aliphatic heterocycles. The molecule has 0 saturated carbocycles. The third kappa shape index (κ3) is 2.45. The van der Waals surface area contributed by atoms with Gasteiger partial charge >= 0.3 is 0 Å². The zero-order valence-electron chi connectivity index (χ0n) is 10.6. The molecule has 0 unspecified atom stereocenters. The second kappa shape index (κ2) is 5.21. The van der Waals surface area contributed by atoms with Gasteiger partial charge in [-0.1, -0.05) is 0 Å². The number of aromatic nitrogens is 1. The number of hydrogen-bond acceptors (Lipinski definition) is 2. The Hall–Kier alpha value is -1.55. The SMILES string of the molecule is Fc1cc(CC2CCNCC2)c2ncccc2c1F. The summed E-state index contributed by atoms with van der Waals surface area (Å²) >= 11 is 0. The van der Waals surface area contributed by atoms with Crippen LogP contribution in [0.4, 0.5) is 8.78 Å². The normalized spacial score (nSPS) is 16.9. The lowest BCUT2D eigenvalue weighted by Gasteiger charge is -2.23. The number of nitrogens with one attached hydrogen (secondary N) is 1. The van der Waals surface area contributed by atoms with Crippen molar-refractivity contribution in [2.75, 3.05) is 13.1 Å². The first-order chi connectivity index (χ1) is 9.25. The van der Waals surface area contributed by atoms with E-state index < -0.39 is 11.6 Å². The van der Waals surface area contributed by atoms with Crippen molar-refractivity contribution in [1.82, 2.24) is 10.3 Å². The van der Waals surface area contributed by atoms with Crippen LogP contribution >= 0.6 is 0 Å². The highest BCUT2D eigenvalue weighted by Gasteiger charge is 2.18. The standard InChI is InChI=1S/C15H16F2N2/c16-13-9-11(8-10-3-6-18-7-4-10)15-12(14(13)17)2-1-5-19-15/h1-2,5,9-10,18H,3-4,6-8H2. The maximum atomic E-state index is 13.7. The number of benzene rings is 1. The monoisotopic (exact) mass is 262 g/mol. The Labute approximate surface area is 110 Å². The molecule has 1 fully saturated rings. The van der Waals surface area contributed by atoms with Crippen LogP contribution in [0.1, 0.15) is 18.4 Å². The van der Waals surface area contributed by atoms with Crippen molar-refractivity contribution >= 4 is 10.9 Å². The lowest BCUT2D eigenvalue weighted by atomic mass is 9.90. The molecule has 19 heavy (non-hydrogen) atoms. The van der Waals surface area contributed by atoms with E-state index in [0.29, 0.717) is 11.4 Å². The summed E-state index contributed by atoms with van der Waals surface area (Å²) in [6, 6.07) is 4.54. The van der Waals surface area contributed by atoms with Crippen LogP contribution in [0.2, 0.25) is 0 Å². The van der Waals surface area contributed by atoms with Crippen molar-refractivity contribution in [3.63, 3.8) is 0 Å². The molecule has 2 nitrogen and oxygen atoms in total. The van der Waals surface area contributed by atoms with E-state index >= 15 is 0 Å². The lowest BCUT2D eigenvalue weighted by Crippen LogP contribution is -2.28. The number of fused-ring (bicyclic) bond motifs is 1. The smallest absolute Gasteiger partial charge is 0.168 e. The van der Waals surface area contributed by atoms with Crippen LogP contribution in [0.3, 0.4) is 0 Å². The molecule has 0 amide bonds. The maximum Gasteiger partial charge on any atom is 0.168 e. The highest BCUT2D eigenvalue weighted by atomic mass is 19.2. The zero-order valence-corrected chi connectivity index (χ0v) is 10.6.